The van der Waals surface area contributed by atoms with E-state index in [1.54, 1.807) is 12.5 Å². The Bertz CT molecular complexity index is 339. The van der Waals surface area contributed by atoms with Crippen LogP contribution in [0.4, 0.5) is 0 Å². The van der Waals surface area contributed by atoms with E-state index in [0.717, 1.165) is 12.0 Å². The Morgan fingerprint density at radius 3 is 2.76 bits per heavy atom. The normalized spacial score (nSPS) is 13.4. The molecule has 1 amide bonds. The van der Waals surface area contributed by atoms with Crippen LogP contribution in [0, 0.1) is 5.41 Å². The van der Waals surface area contributed by atoms with Crippen LogP contribution in [0.25, 0.3) is 0 Å². The lowest BCUT2D eigenvalue weighted by molar-refractivity contribution is -0.121. The van der Waals surface area contributed by atoms with Crippen molar-refractivity contribution in [2.75, 3.05) is 0 Å². The molecule has 1 aromatic rings. The molecule has 0 bridgehead atoms. The van der Waals surface area contributed by atoms with Crippen molar-refractivity contribution in [2.24, 2.45) is 11.1 Å². The lowest BCUT2D eigenvalue weighted by Gasteiger charge is -2.22. The standard InChI is InChI=1S/C13H22N2O2/c1-13(2,3)7-11(14)6-12(16)15-8-10-4-5-17-9-10/h4-5,9,11H,6-8,14H2,1-3H3,(H,15,16). The zero-order valence-corrected chi connectivity index (χ0v) is 10.8. The van der Waals surface area contributed by atoms with Crippen molar-refractivity contribution in [3.8, 4) is 0 Å². The van der Waals surface area contributed by atoms with Gasteiger partial charge in [-0.1, -0.05) is 20.8 Å². The fourth-order valence-corrected chi connectivity index (χ4v) is 1.76. The van der Waals surface area contributed by atoms with Gasteiger partial charge in [-0.25, -0.2) is 0 Å². The van der Waals surface area contributed by atoms with E-state index in [1.807, 2.05) is 6.07 Å². The summed E-state index contributed by atoms with van der Waals surface area (Å²) in [4.78, 5) is 11.6. The molecule has 3 N–H and O–H groups in total. The minimum atomic E-state index is -0.0839. The molecule has 1 heterocycles. The zero-order chi connectivity index (χ0) is 12.9. The van der Waals surface area contributed by atoms with E-state index in [-0.39, 0.29) is 17.4 Å². The summed E-state index contributed by atoms with van der Waals surface area (Å²) in [7, 11) is 0. The van der Waals surface area contributed by atoms with Crippen LogP contribution in [0.3, 0.4) is 0 Å². The maximum absolute atomic E-state index is 11.6. The molecular formula is C13H22N2O2. The minimum Gasteiger partial charge on any atom is -0.472 e. The number of nitrogens with one attached hydrogen (secondary N) is 1. The Morgan fingerprint density at radius 1 is 1.53 bits per heavy atom. The predicted octanol–water partition coefficient (Wildman–Crippen LogP) is 2.05. The van der Waals surface area contributed by atoms with Gasteiger partial charge in [-0.15, -0.1) is 0 Å². The third kappa shape index (κ3) is 6.12. The van der Waals surface area contributed by atoms with Gasteiger partial charge in [0.2, 0.25) is 5.91 Å². The summed E-state index contributed by atoms with van der Waals surface area (Å²) in [5, 5.41) is 2.82. The van der Waals surface area contributed by atoms with Crippen molar-refractivity contribution in [1.82, 2.24) is 5.32 Å². The van der Waals surface area contributed by atoms with Gasteiger partial charge in [0.05, 0.1) is 12.5 Å². The van der Waals surface area contributed by atoms with Gasteiger partial charge in [-0.2, -0.15) is 0 Å². The summed E-state index contributed by atoms with van der Waals surface area (Å²) in [6.45, 7) is 6.86. The molecule has 0 saturated heterocycles. The highest BCUT2D eigenvalue weighted by Gasteiger charge is 2.17. The van der Waals surface area contributed by atoms with E-state index in [9.17, 15) is 4.79 Å². The van der Waals surface area contributed by atoms with Gasteiger partial charge in [0, 0.05) is 24.6 Å². The molecule has 0 aromatic carbocycles. The summed E-state index contributed by atoms with van der Waals surface area (Å²) >= 11 is 0. The number of carbonyl (C=O) groups excluding carboxylic acids is 1. The molecule has 0 saturated carbocycles. The molecule has 4 nitrogen and oxygen atoms in total. The number of hydrogen-bond donors (Lipinski definition) is 2. The number of nitrogens with two attached hydrogens (primary N) is 1. The number of hydrogen-bond acceptors (Lipinski definition) is 3. The van der Waals surface area contributed by atoms with Crippen LogP contribution in [0.2, 0.25) is 0 Å². The highest BCUT2D eigenvalue weighted by Crippen LogP contribution is 2.20. The van der Waals surface area contributed by atoms with Gasteiger partial charge in [-0.05, 0) is 17.9 Å². The Hall–Kier alpha value is -1.29. The van der Waals surface area contributed by atoms with Gasteiger partial charge in [-0.3, -0.25) is 4.79 Å². The van der Waals surface area contributed by atoms with E-state index in [2.05, 4.69) is 26.1 Å². The van der Waals surface area contributed by atoms with E-state index in [0.29, 0.717) is 13.0 Å². The second-order valence-electron chi connectivity index (χ2n) is 5.64. The molecule has 1 rings (SSSR count). The molecule has 0 fully saturated rings. The third-order valence-corrected chi connectivity index (χ3v) is 2.39. The van der Waals surface area contributed by atoms with Crippen molar-refractivity contribution < 1.29 is 9.21 Å². The highest BCUT2D eigenvalue weighted by atomic mass is 16.3. The molecule has 96 valence electrons. The second-order valence-corrected chi connectivity index (χ2v) is 5.64. The van der Waals surface area contributed by atoms with Gasteiger partial charge in [0.1, 0.15) is 0 Å². The average molecular weight is 238 g/mol. The molecule has 4 heteroatoms. The van der Waals surface area contributed by atoms with Crippen LogP contribution >= 0.6 is 0 Å². The molecule has 0 aliphatic rings. The summed E-state index contributed by atoms with van der Waals surface area (Å²) in [5.41, 5.74) is 7.05. The van der Waals surface area contributed by atoms with Crippen LogP contribution in [-0.2, 0) is 11.3 Å². The van der Waals surface area contributed by atoms with Crippen LogP contribution in [0.5, 0.6) is 0 Å². The third-order valence-electron chi connectivity index (χ3n) is 2.39. The number of amides is 1. The van der Waals surface area contributed by atoms with Crippen molar-refractivity contribution >= 4 is 5.91 Å². The molecule has 0 aliphatic carbocycles. The molecule has 17 heavy (non-hydrogen) atoms. The molecule has 1 unspecified atom stereocenters. The monoisotopic (exact) mass is 238 g/mol. The van der Waals surface area contributed by atoms with Crippen LogP contribution < -0.4 is 11.1 Å². The predicted molar refractivity (Wildman–Crippen MR) is 67.2 cm³/mol. The van der Waals surface area contributed by atoms with Crippen molar-refractivity contribution in [2.45, 2.75) is 46.2 Å². The van der Waals surface area contributed by atoms with E-state index in [1.165, 1.54) is 0 Å². The van der Waals surface area contributed by atoms with Gasteiger partial charge < -0.3 is 15.5 Å². The summed E-state index contributed by atoms with van der Waals surface area (Å²) < 4.78 is 4.92. The van der Waals surface area contributed by atoms with Gasteiger partial charge in [0.15, 0.2) is 0 Å². The number of furan rings is 1. The molecule has 1 aromatic heterocycles. The first-order valence-electron chi connectivity index (χ1n) is 5.90. The summed E-state index contributed by atoms with van der Waals surface area (Å²) in [5.74, 6) is -0.0112. The fourth-order valence-electron chi connectivity index (χ4n) is 1.76. The van der Waals surface area contributed by atoms with Crippen LogP contribution in [0.1, 0.15) is 39.2 Å². The Labute approximate surface area is 103 Å². The Balaban J connectivity index is 2.25. The van der Waals surface area contributed by atoms with Crippen molar-refractivity contribution in [3.63, 3.8) is 0 Å². The van der Waals surface area contributed by atoms with Gasteiger partial charge >= 0.3 is 0 Å². The lowest BCUT2D eigenvalue weighted by Crippen LogP contribution is -2.33. The quantitative estimate of drug-likeness (QED) is 0.825. The van der Waals surface area contributed by atoms with E-state index >= 15 is 0 Å². The minimum absolute atomic E-state index is 0.0112. The molecule has 1 atom stereocenters. The van der Waals surface area contributed by atoms with Crippen molar-refractivity contribution in [1.29, 1.82) is 0 Å². The number of rotatable bonds is 5. The Morgan fingerprint density at radius 2 is 2.24 bits per heavy atom. The maximum Gasteiger partial charge on any atom is 0.221 e. The van der Waals surface area contributed by atoms with Gasteiger partial charge in [0.25, 0.3) is 0 Å². The summed E-state index contributed by atoms with van der Waals surface area (Å²) in [6.07, 6.45) is 4.42. The fraction of sp³-hybridized carbons (Fsp3) is 0.615. The first-order chi connectivity index (χ1) is 7.87. The lowest BCUT2D eigenvalue weighted by atomic mass is 9.87. The molecular weight excluding hydrogens is 216 g/mol. The first-order valence-corrected chi connectivity index (χ1v) is 5.90. The van der Waals surface area contributed by atoms with Crippen LogP contribution in [0.15, 0.2) is 23.0 Å². The highest BCUT2D eigenvalue weighted by molar-refractivity contribution is 5.76. The van der Waals surface area contributed by atoms with Crippen LogP contribution in [-0.4, -0.2) is 11.9 Å². The smallest absolute Gasteiger partial charge is 0.221 e. The maximum atomic E-state index is 11.6. The molecule has 0 aliphatic heterocycles. The molecule has 0 radical (unpaired) electrons. The zero-order valence-electron chi connectivity index (χ0n) is 10.8. The topological polar surface area (TPSA) is 68.3 Å². The Kier molecular flexibility index (Phi) is 4.75. The van der Waals surface area contributed by atoms with Crippen molar-refractivity contribution in [3.05, 3.63) is 24.2 Å². The largest absolute Gasteiger partial charge is 0.472 e. The average Bonchev–Trinajstić information content (AvgIpc) is 2.63. The van der Waals surface area contributed by atoms with E-state index < -0.39 is 0 Å². The first kappa shape index (κ1) is 13.8. The second kappa shape index (κ2) is 5.87. The molecule has 0 spiro atoms. The summed E-state index contributed by atoms with van der Waals surface area (Å²) in [6, 6.07) is 1.74. The SMILES string of the molecule is CC(C)(C)CC(N)CC(=O)NCc1ccoc1. The van der Waals surface area contributed by atoms with E-state index in [4.69, 9.17) is 10.2 Å². The number of carbonyl (C=O) groups is 1.